The van der Waals surface area contributed by atoms with E-state index in [-0.39, 0.29) is 18.6 Å². The Morgan fingerprint density at radius 3 is 2.87 bits per heavy atom. The number of amides is 1. The zero-order chi connectivity index (χ0) is 16.5. The molecule has 1 aliphatic heterocycles. The molecule has 1 amide bonds. The third-order valence-electron chi connectivity index (χ3n) is 4.31. The van der Waals surface area contributed by atoms with Crippen LogP contribution in [0.15, 0.2) is 24.5 Å². The monoisotopic (exact) mass is 320 g/mol. The van der Waals surface area contributed by atoms with Gasteiger partial charge in [0.25, 0.3) is 0 Å². The number of carbonyl (C=O) groups excluding carboxylic acids is 1. The fraction of sp³-hybridized carbons (Fsp3) is 0.647. The number of aromatic nitrogens is 1. The predicted octanol–water partition coefficient (Wildman–Crippen LogP) is 0.476. The van der Waals surface area contributed by atoms with Crippen molar-refractivity contribution >= 4 is 5.91 Å². The summed E-state index contributed by atoms with van der Waals surface area (Å²) >= 11 is 0. The number of nitrogens with one attached hydrogen (secondary N) is 1. The molecular formula is C17H28N4O2. The van der Waals surface area contributed by atoms with Gasteiger partial charge in [-0.15, -0.1) is 0 Å². The highest BCUT2D eigenvalue weighted by Gasteiger charge is 2.20. The summed E-state index contributed by atoms with van der Waals surface area (Å²) in [6, 6.07) is 4.14. The molecule has 0 saturated carbocycles. The fourth-order valence-electron chi connectivity index (χ4n) is 2.98. The number of rotatable bonds is 8. The van der Waals surface area contributed by atoms with Crippen LogP contribution in [0.2, 0.25) is 0 Å². The van der Waals surface area contributed by atoms with E-state index in [0.717, 1.165) is 38.0 Å². The third kappa shape index (κ3) is 6.25. The van der Waals surface area contributed by atoms with Crippen LogP contribution in [0.3, 0.4) is 0 Å². The van der Waals surface area contributed by atoms with E-state index in [9.17, 15) is 9.90 Å². The van der Waals surface area contributed by atoms with Gasteiger partial charge in [0.15, 0.2) is 0 Å². The van der Waals surface area contributed by atoms with Crippen molar-refractivity contribution in [1.82, 2.24) is 20.1 Å². The van der Waals surface area contributed by atoms with Gasteiger partial charge in [0.1, 0.15) is 0 Å². The van der Waals surface area contributed by atoms with Crippen molar-refractivity contribution in [2.24, 2.45) is 0 Å². The molecule has 6 heteroatoms. The van der Waals surface area contributed by atoms with E-state index in [0.29, 0.717) is 19.6 Å². The Hall–Kier alpha value is -1.50. The Balaban J connectivity index is 1.79. The number of pyridine rings is 1. The van der Waals surface area contributed by atoms with Crippen LogP contribution < -0.4 is 5.32 Å². The van der Waals surface area contributed by atoms with E-state index in [4.69, 9.17) is 0 Å². The van der Waals surface area contributed by atoms with Crippen molar-refractivity contribution in [2.45, 2.75) is 32.4 Å². The summed E-state index contributed by atoms with van der Waals surface area (Å²) in [5.74, 6) is 0.0392. The van der Waals surface area contributed by atoms with Crippen molar-refractivity contribution in [3.05, 3.63) is 30.1 Å². The number of hydrogen-bond donors (Lipinski definition) is 2. The molecule has 1 aromatic rings. The second-order valence-corrected chi connectivity index (χ2v) is 6.07. The van der Waals surface area contributed by atoms with Crippen molar-refractivity contribution in [3.8, 4) is 0 Å². The van der Waals surface area contributed by atoms with Gasteiger partial charge < -0.3 is 15.3 Å². The van der Waals surface area contributed by atoms with Crippen LogP contribution in [0.25, 0.3) is 0 Å². The Morgan fingerprint density at radius 2 is 2.26 bits per heavy atom. The second kappa shape index (κ2) is 9.60. The maximum atomic E-state index is 12.3. The van der Waals surface area contributed by atoms with Crippen LogP contribution in [0.1, 0.15) is 25.3 Å². The molecule has 0 aliphatic carbocycles. The van der Waals surface area contributed by atoms with Gasteiger partial charge in [0, 0.05) is 44.6 Å². The molecule has 2 heterocycles. The third-order valence-corrected chi connectivity index (χ3v) is 4.31. The van der Waals surface area contributed by atoms with Crippen LogP contribution in [0.4, 0.5) is 0 Å². The summed E-state index contributed by atoms with van der Waals surface area (Å²) in [6.07, 6.45) is 5.56. The van der Waals surface area contributed by atoms with E-state index in [1.807, 2.05) is 17.0 Å². The van der Waals surface area contributed by atoms with Crippen LogP contribution in [-0.2, 0) is 11.3 Å². The summed E-state index contributed by atoms with van der Waals surface area (Å²) in [5, 5.41) is 12.3. The Kier molecular flexibility index (Phi) is 7.45. The molecule has 0 unspecified atom stereocenters. The first kappa shape index (κ1) is 17.8. The molecule has 1 fully saturated rings. The van der Waals surface area contributed by atoms with Crippen molar-refractivity contribution < 1.29 is 9.90 Å². The van der Waals surface area contributed by atoms with Gasteiger partial charge in [-0.05, 0) is 31.0 Å². The summed E-state index contributed by atoms with van der Waals surface area (Å²) in [7, 11) is 0. The number of aliphatic hydroxyl groups excluding tert-OH is 1. The molecule has 1 aliphatic rings. The Morgan fingerprint density at radius 1 is 1.48 bits per heavy atom. The number of carbonyl (C=O) groups is 1. The van der Waals surface area contributed by atoms with Gasteiger partial charge in [-0.25, -0.2) is 0 Å². The first-order valence-electron chi connectivity index (χ1n) is 8.45. The molecule has 1 aromatic heterocycles. The van der Waals surface area contributed by atoms with Gasteiger partial charge >= 0.3 is 0 Å². The minimum absolute atomic E-state index is 0.0392. The van der Waals surface area contributed by atoms with Crippen molar-refractivity contribution in [2.75, 3.05) is 39.3 Å². The van der Waals surface area contributed by atoms with Gasteiger partial charge in [0.05, 0.1) is 13.2 Å². The lowest BCUT2D eigenvalue weighted by molar-refractivity contribution is -0.123. The standard InChI is InChI=1S/C17H28N4O2/c1-2-20-8-5-16(6-9-20)19-17(23)14-21(10-11-22)13-15-4-3-7-18-12-15/h3-4,7,12,16,22H,2,5-6,8-11,13-14H2,1H3,(H,19,23). The summed E-state index contributed by atoms with van der Waals surface area (Å²) in [4.78, 5) is 20.7. The average Bonchev–Trinajstić information content (AvgIpc) is 2.56. The summed E-state index contributed by atoms with van der Waals surface area (Å²) in [6.45, 7) is 6.81. The number of likely N-dealkylation sites (tertiary alicyclic amines) is 1. The molecule has 128 valence electrons. The minimum atomic E-state index is 0.0392. The fourth-order valence-corrected chi connectivity index (χ4v) is 2.98. The van der Waals surface area contributed by atoms with E-state index >= 15 is 0 Å². The lowest BCUT2D eigenvalue weighted by Gasteiger charge is -2.32. The molecule has 0 bridgehead atoms. The SMILES string of the molecule is CCN1CCC(NC(=O)CN(CCO)Cc2cccnc2)CC1. The number of nitrogens with zero attached hydrogens (tertiary/aromatic N) is 3. The highest BCUT2D eigenvalue weighted by atomic mass is 16.3. The largest absolute Gasteiger partial charge is 0.395 e. The lowest BCUT2D eigenvalue weighted by Crippen LogP contribution is -2.47. The zero-order valence-electron chi connectivity index (χ0n) is 13.9. The van der Waals surface area contributed by atoms with Gasteiger partial charge in [-0.3, -0.25) is 14.7 Å². The van der Waals surface area contributed by atoms with Crippen LogP contribution in [0.5, 0.6) is 0 Å². The van der Waals surface area contributed by atoms with Gasteiger partial charge in [-0.2, -0.15) is 0 Å². The van der Waals surface area contributed by atoms with Crippen molar-refractivity contribution in [1.29, 1.82) is 0 Å². The molecule has 23 heavy (non-hydrogen) atoms. The normalized spacial score (nSPS) is 16.7. The predicted molar refractivity (Wildman–Crippen MR) is 89.9 cm³/mol. The smallest absolute Gasteiger partial charge is 0.234 e. The topological polar surface area (TPSA) is 68.7 Å². The minimum Gasteiger partial charge on any atom is -0.395 e. The molecule has 1 saturated heterocycles. The summed E-state index contributed by atoms with van der Waals surface area (Å²) in [5.41, 5.74) is 1.05. The molecule has 2 N–H and O–H groups in total. The maximum Gasteiger partial charge on any atom is 0.234 e. The van der Waals surface area contributed by atoms with Crippen LogP contribution in [0, 0.1) is 0 Å². The lowest BCUT2D eigenvalue weighted by atomic mass is 10.1. The number of aliphatic hydroxyl groups is 1. The zero-order valence-corrected chi connectivity index (χ0v) is 13.9. The Bertz CT molecular complexity index is 461. The maximum absolute atomic E-state index is 12.3. The van der Waals surface area contributed by atoms with Gasteiger partial charge in [0.2, 0.25) is 5.91 Å². The number of hydrogen-bond acceptors (Lipinski definition) is 5. The van der Waals surface area contributed by atoms with Crippen LogP contribution >= 0.6 is 0 Å². The van der Waals surface area contributed by atoms with Gasteiger partial charge in [-0.1, -0.05) is 13.0 Å². The Labute approximate surface area is 138 Å². The van der Waals surface area contributed by atoms with E-state index in [1.54, 1.807) is 12.4 Å². The molecule has 2 rings (SSSR count). The highest BCUT2D eigenvalue weighted by Crippen LogP contribution is 2.10. The van der Waals surface area contributed by atoms with E-state index in [2.05, 4.69) is 22.1 Å². The molecule has 0 spiro atoms. The quantitative estimate of drug-likeness (QED) is 0.729. The summed E-state index contributed by atoms with van der Waals surface area (Å²) < 4.78 is 0. The average molecular weight is 320 g/mol. The first-order valence-corrected chi connectivity index (χ1v) is 8.45. The number of piperidine rings is 1. The molecule has 0 atom stereocenters. The van der Waals surface area contributed by atoms with E-state index in [1.165, 1.54) is 0 Å². The van der Waals surface area contributed by atoms with E-state index < -0.39 is 0 Å². The molecule has 0 radical (unpaired) electrons. The highest BCUT2D eigenvalue weighted by molar-refractivity contribution is 5.78. The molecular weight excluding hydrogens is 292 g/mol. The molecule has 0 aromatic carbocycles. The van der Waals surface area contributed by atoms with Crippen molar-refractivity contribution in [3.63, 3.8) is 0 Å². The second-order valence-electron chi connectivity index (χ2n) is 6.07. The first-order chi connectivity index (χ1) is 11.2. The molecule has 6 nitrogen and oxygen atoms in total. The van der Waals surface area contributed by atoms with Crippen LogP contribution in [-0.4, -0.2) is 71.2 Å².